The molecule has 8 atom stereocenters. The largest absolute Gasteiger partial charge is 0.484 e. The van der Waals surface area contributed by atoms with Crippen LogP contribution in [0.2, 0.25) is 20.1 Å². The van der Waals surface area contributed by atoms with Gasteiger partial charge in [-0.1, -0.05) is 46.4 Å². The van der Waals surface area contributed by atoms with Gasteiger partial charge in [-0.15, -0.1) is 0 Å². The summed E-state index contributed by atoms with van der Waals surface area (Å²) in [4.78, 5) is 33.4. The molecule has 8 rings (SSSR count). The number of hydrogen-bond acceptors (Lipinski definition) is 12. The monoisotopic (exact) mass is 1280 g/mol. The molecule has 2 heterocycles. The number of rotatable bonds is 29. The second-order valence-electron chi connectivity index (χ2n) is 22.3. The molecule has 0 saturated carbocycles. The maximum atomic E-state index is 12.8. The Morgan fingerprint density at radius 1 is 0.583 bits per heavy atom. The summed E-state index contributed by atoms with van der Waals surface area (Å²) in [5, 5.41) is 13.6. The van der Waals surface area contributed by atoms with Crippen molar-refractivity contribution in [2.24, 2.45) is 0 Å². The van der Waals surface area contributed by atoms with E-state index in [0.717, 1.165) is 59.3 Å². The lowest BCUT2D eigenvalue weighted by atomic mass is 10.1. The maximum Gasteiger partial charge on any atom is 0.314 e. The third kappa shape index (κ3) is 17.3. The van der Waals surface area contributed by atoms with Gasteiger partial charge < -0.3 is 50.0 Å². The lowest BCUT2D eigenvalue weighted by Gasteiger charge is -2.29. The normalized spacial score (nSPS) is 21.1. The number of nitrogens with one attached hydrogen (secondary N) is 4. The number of urea groups is 2. The van der Waals surface area contributed by atoms with Crippen LogP contribution in [0.4, 0.5) is 21.0 Å². The Hall–Kier alpha value is -4.24. The van der Waals surface area contributed by atoms with Crippen LogP contribution in [0.15, 0.2) is 60.7 Å². The highest BCUT2D eigenvalue weighted by Crippen LogP contribution is 2.45. The van der Waals surface area contributed by atoms with E-state index < -0.39 is 22.5 Å². The first-order chi connectivity index (χ1) is 40.3. The van der Waals surface area contributed by atoms with Crippen molar-refractivity contribution in [2.45, 2.75) is 88.7 Å². The third-order valence-electron chi connectivity index (χ3n) is 16.0. The van der Waals surface area contributed by atoms with Gasteiger partial charge in [0.05, 0.1) is 62.0 Å². The number of likely N-dealkylation sites (tertiary alicyclic amines) is 2. The molecule has 4 aliphatic rings. The average Bonchev–Trinajstić information content (AvgIpc) is 3.25. The molecule has 0 bridgehead atoms. The number of fused-ring (bicyclic) bond motifs is 2. The SMILES string of the molecule is Cc1cc(N([C@@H]2CCN(CCOCCNC(=O)NCCCCNC(=O)NCCOCCN3CC[C@@H](N(c4ccc(O[C@H]5c6cc(Cl)cc(Cl)c6C[C@@H]5N(C)C)c(C)c4)S(=O)O)C3)C2)S(=O)O)ccc1O[C@H]1c2cc(Cl)cc(Cl)c2C[C@@H]1N(C)C. The van der Waals surface area contributed by atoms with Gasteiger partial charge in [0.2, 0.25) is 0 Å². The summed E-state index contributed by atoms with van der Waals surface area (Å²) in [6, 6.07) is 17.7. The molecule has 6 N–H and O–H groups in total. The average molecular weight is 1280 g/mol. The van der Waals surface area contributed by atoms with Crippen LogP contribution in [0.5, 0.6) is 11.5 Å². The summed E-state index contributed by atoms with van der Waals surface area (Å²) >= 11 is 21.5. The number of nitrogens with zero attached hydrogens (tertiary/aromatic N) is 6. The molecule has 2 saturated heterocycles. The van der Waals surface area contributed by atoms with E-state index in [1.165, 1.54) is 0 Å². The van der Waals surface area contributed by atoms with Gasteiger partial charge in [0.1, 0.15) is 23.7 Å². The van der Waals surface area contributed by atoms with Crippen molar-refractivity contribution in [3.05, 3.63) is 114 Å². The van der Waals surface area contributed by atoms with Gasteiger partial charge in [0.25, 0.3) is 22.5 Å². The van der Waals surface area contributed by atoms with Gasteiger partial charge in [0, 0.05) is 96.7 Å². The van der Waals surface area contributed by atoms with Crippen molar-refractivity contribution in [2.75, 3.05) is 129 Å². The Bertz CT molecular complexity index is 2760. The number of likely N-dealkylation sites (N-methyl/N-ethyl adjacent to an activating group) is 2. The number of anilines is 2. The first kappa shape index (κ1) is 65.7. The van der Waals surface area contributed by atoms with Gasteiger partial charge in [0.15, 0.2) is 0 Å². The van der Waals surface area contributed by atoms with Gasteiger partial charge in [-0.05, 0) is 163 Å². The van der Waals surface area contributed by atoms with Crippen molar-refractivity contribution in [3.63, 3.8) is 0 Å². The van der Waals surface area contributed by atoms with Crippen LogP contribution < -0.4 is 39.4 Å². The van der Waals surface area contributed by atoms with Crippen molar-refractivity contribution in [1.29, 1.82) is 0 Å². The minimum Gasteiger partial charge on any atom is -0.484 e. The Labute approximate surface area is 519 Å². The number of carbonyl (C=O) groups excluding carboxylic acids is 2. The lowest BCUT2D eigenvalue weighted by Crippen LogP contribution is -2.40. The third-order valence-corrected chi connectivity index (χ3v) is 18.8. The Balaban J connectivity index is 0.631. The number of hydrogen-bond donors (Lipinski definition) is 6. The highest BCUT2D eigenvalue weighted by atomic mass is 35.5. The summed E-state index contributed by atoms with van der Waals surface area (Å²) in [5.41, 5.74) is 6.94. The fraction of sp³-hybridized carbons (Fsp3) is 0.552. The molecule has 20 nitrogen and oxygen atoms in total. The molecule has 0 radical (unpaired) electrons. The van der Waals surface area contributed by atoms with E-state index in [9.17, 15) is 27.1 Å². The standard InChI is InChI=1S/C58H80Cl4N10O10S2/c1-37-27-41(9-11-53(37)81-55-47-29-39(59)31-49(61)45(47)33-51(55)67(3)4)71(83(75)76)43-13-19-69(35-43)21-25-79-23-17-65-57(73)63-15-7-8-16-64-58(74)66-18-24-80-26-22-70-20-14-44(36-70)72(84(77)78)42-10-12-54(38(2)28-42)82-56-48-30-40(60)32-50(62)46(48)34-52(56)68(5)6/h9-12,27-32,43-44,51-52,55-56H,7-8,13-26,33-36H2,1-6H3,(H,75,76)(H,77,78)(H2,63,65,73)(H2,64,66,74)/t43-,44-,51+,52+,55+,56+/m1/s1. The number of benzene rings is 4. The molecule has 462 valence electrons. The molecule has 84 heavy (non-hydrogen) atoms. The fourth-order valence-electron chi connectivity index (χ4n) is 11.6. The first-order valence-corrected chi connectivity index (χ1v) is 32.2. The molecule has 2 aliphatic carbocycles. The van der Waals surface area contributed by atoms with E-state index in [1.54, 1.807) is 20.7 Å². The molecule has 0 spiro atoms. The van der Waals surface area contributed by atoms with Crippen molar-refractivity contribution in [1.82, 2.24) is 40.9 Å². The van der Waals surface area contributed by atoms with Gasteiger partial charge in [-0.3, -0.25) is 27.5 Å². The summed E-state index contributed by atoms with van der Waals surface area (Å²) < 4.78 is 74.5. The van der Waals surface area contributed by atoms with Crippen LogP contribution in [0.25, 0.3) is 0 Å². The smallest absolute Gasteiger partial charge is 0.314 e. The lowest BCUT2D eigenvalue weighted by molar-refractivity contribution is 0.110. The molecule has 4 amide bonds. The quantitative estimate of drug-likeness (QED) is 0.0223. The summed E-state index contributed by atoms with van der Waals surface area (Å²) in [6.07, 6.45) is 3.65. The van der Waals surface area contributed by atoms with E-state index in [4.69, 9.17) is 65.4 Å². The molecule has 2 fully saturated rings. The summed E-state index contributed by atoms with van der Waals surface area (Å²) in [6.45, 7) is 11.0. The van der Waals surface area contributed by atoms with Crippen LogP contribution in [0.1, 0.15) is 71.3 Å². The molecule has 4 aromatic rings. The van der Waals surface area contributed by atoms with Crippen LogP contribution in [-0.4, -0.2) is 193 Å². The zero-order valence-corrected chi connectivity index (χ0v) is 53.2. The number of ether oxygens (including phenoxy) is 4. The predicted molar refractivity (Wildman–Crippen MR) is 334 cm³/mol. The van der Waals surface area contributed by atoms with Gasteiger partial charge in [-0.2, -0.15) is 0 Å². The van der Waals surface area contributed by atoms with Crippen LogP contribution >= 0.6 is 46.4 Å². The van der Waals surface area contributed by atoms with Gasteiger partial charge >= 0.3 is 12.1 Å². The van der Waals surface area contributed by atoms with Gasteiger partial charge in [-0.25, -0.2) is 18.0 Å². The zero-order valence-electron chi connectivity index (χ0n) is 48.6. The molecular weight excluding hydrogens is 1200 g/mol. The first-order valence-electron chi connectivity index (χ1n) is 28.5. The minimum atomic E-state index is -2.25. The van der Waals surface area contributed by atoms with Crippen molar-refractivity contribution in [3.8, 4) is 11.5 Å². The van der Waals surface area contributed by atoms with Crippen LogP contribution in [-0.2, 0) is 44.8 Å². The molecule has 2 aliphatic heterocycles. The summed E-state index contributed by atoms with van der Waals surface area (Å²) in [7, 11) is 8.06. The fourth-order valence-corrected chi connectivity index (χ4v) is 14.2. The number of carbonyl (C=O) groups is 2. The number of aryl methyl sites for hydroxylation is 2. The molecule has 0 aromatic heterocycles. The van der Waals surface area contributed by atoms with E-state index in [-0.39, 0.29) is 48.4 Å². The van der Waals surface area contributed by atoms with E-state index in [2.05, 4.69) is 40.9 Å². The van der Waals surface area contributed by atoms with E-state index in [0.29, 0.717) is 147 Å². The molecule has 4 aromatic carbocycles. The van der Waals surface area contributed by atoms with E-state index >= 15 is 0 Å². The Morgan fingerprint density at radius 2 is 0.976 bits per heavy atom. The predicted octanol–water partition coefficient (Wildman–Crippen LogP) is 8.28. The van der Waals surface area contributed by atoms with Crippen LogP contribution in [0, 0.1) is 13.8 Å². The minimum absolute atomic E-state index is 0.0511. The molecule has 2 unspecified atom stereocenters. The molecular formula is C58H80Cl4N10O10S2. The summed E-state index contributed by atoms with van der Waals surface area (Å²) in [5.74, 6) is 1.35. The second kappa shape index (κ2) is 31.1. The highest BCUT2D eigenvalue weighted by molar-refractivity contribution is 7.81. The van der Waals surface area contributed by atoms with E-state index in [1.807, 2.05) is 90.6 Å². The maximum absolute atomic E-state index is 12.8. The topological polar surface area (TPSA) is 213 Å². The van der Waals surface area contributed by atoms with Crippen molar-refractivity contribution >= 4 is 92.4 Å². The number of unbranched alkanes of at least 4 members (excludes halogenated alkanes) is 1. The second-order valence-corrected chi connectivity index (χ2v) is 25.7. The zero-order chi connectivity index (χ0) is 60.2. The number of halogens is 4. The van der Waals surface area contributed by atoms with Crippen molar-refractivity contribution < 1.29 is 46.1 Å². The number of amides is 4. The molecule has 26 heteroatoms. The Morgan fingerprint density at radius 3 is 1.35 bits per heavy atom. The Kier molecular flexibility index (Phi) is 24.3. The highest BCUT2D eigenvalue weighted by Gasteiger charge is 2.40. The van der Waals surface area contributed by atoms with Crippen LogP contribution in [0.3, 0.4) is 0 Å².